The SMILES string of the molecule is CC(C)(C)OC(=O)NCCN1CCN(CC(=O)Nc2cc(Br)ccn2)CC1. The third kappa shape index (κ3) is 8.68. The topological polar surface area (TPSA) is 86.8 Å². The van der Waals surface area contributed by atoms with Gasteiger partial charge in [-0.1, -0.05) is 15.9 Å². The van der Waals surface area contributed by atoms with Gasteiger partial charge in [-0.05, 0) is 32.9 Å². The average molecular weight is 442 g/mol. The Hall–Kier alpha value is -1.71. The fourth-order valence-electron chi connectivity index (χ4n) is 2.66. The Bertz CT molecular complexity index is 642. The number of nitrogens with zero attached hydrogens (tertiary/aromatic N) is 3. The van der Waals surface area contributed by atoms with Gasteiger partial charge in [0.05, 0.1) is 6.54 Å². The van der Waals surface area contributed by atoms with Gasteiger partial charge < -0.3 is 15.4 Å². The maximum atomic E-state index is 12.2. The number of anilines is 1. The van der Waals surface area contributed by atoms with Crippen LogP contribution in [-0.4, -0.2) is 78.2 Å². The largest absolute Gasteiger partial charge is 0.444 e. The number of piperazine rings is 1. The first-order valence-electron chi connectivity index (χ1n) is 9.04. The zero-order chi connectivity index (χ0) is 19.9. The van der Waals surface area contributed by atoms with Crippen LogP contribution < -0.4 is 10.6 Å². The summed E-state index contributed by atoms with van der Waals surface area (Å²) in [6, 6.07) is 3.58. The molecular formula is C18H28BrN5O3. The monoisotopic (exact) mass is 441 g/mol. The lowest BCUT2D eigenvalue weighted by Gasteiger charge is -2.34. The highest BCUT2D eigenvalue weighted by Crippen LogP contribution is 2.12. The molecule has 0 saturated carbocycles. The second-order valence-electron chi connectivity index (χ2n) is 7.45. The summed E-state index contributed by atoms with van der Waals surface area (Å²) in [7, 11) is 0. The smallest absolute Gasteiger partial charge is 0.407 e. The minimum Gasteiger partial charge on any atom is -0.444 e. The maximum absolute atomic E-state index is 12.2. The van der Waals surface area contributed by atoms with Crippen molar-refractivity contribution in [2.45, 2.75) is 26.4 Å². The molecule has 1 aromatic heterocycles. The Morgan fingerprint density at radius 2 is 1.89 bits per heavy atom. The van der Waals surface area contributed by atoms with Gasteiger partial charge in [0.25, 0.3) is 0 Å². The van der Waals surface area contributed by atoms with E-state index in [2.05, 4.69) is 41.3 Å². The number of aromatic nitrogens is 1. The number of halogens is 1. The van der Waals surface area contributed by atoms with Gasteiger partial charge in [0.2, 0.25) is 5.91 Å². The van der Waals surface area contributed by atoms with Crippen LogP contribution in [0.1, 0.15) is 20.8 Å². The number of ether oxygens (including phenoxy) is 1. The maximum Gasteiger partial charge on any atom is 0.407 e. The predicted octanol–water partition coefficient (Wildman–Crippen LogP) is 1.92. The third-order valence-corrected chi connectivity index (χ3v) is 4.41. The van der Waals surface area contributed by atoms with Crippen LogP contribution in [0, 0.1) is 0 Å². The molecule has 0 aliphatic carbocycles. The molecule has 1 aromatic rings. The number of carbonyl (C=O) groups is 2. The lowest BCUT2D eigenvalue weighted by Crippen LogP contribution is -2.50. The zero-order valence-corrected chi connectivity index (χ0v) is 17.7. The summed E-state index contributed by atoms with van der Waals surface area (Å²) >= 11 is 3.36. The van der Waals surface area contributed by atoms with E-state index >= 15 is 0 Å². The molecule has 0 atom stereocenters. The van der Waals surface area contributed by atoms with E-state index in [1.54, 1.807) is 12.3 Å². The van der Waals surface area contributed by atoms with E-state index in [0.717, 1.165) is 37.2 Å². The summed E-state index contributed by atoms with van der Waals surface area (Å²) in [5, 5.41) is 5.58. The van der Waals surface area contributed by atoms with Crippen LogP contribution in [0.25, 0.3) is 0 Å². The van der Waals surface area contributed by atoms with Gasteiger partial charge in [0.1, 0.15) is 11.4 Å². The van der Waals surface area contributed by atoms with E-state index in [9.17, 15) is 9.59 Å². The second-order valence-corrected chi connectivity index (χ2v) is 8.37. The second kappa shape index (κ2) is 10.0. The molecule has 2 amide bonds. The highest BCUT2D eigenvalue weighted by Gasteiger charge is 2.20. The van der Waals surface area contributed by atoms with Gasteiger partial charge in [0.15, 0.2) is 0 Å². The molecule has 1 saturated heterocycles. The van der Waals surface area contributed by atoms with Crippen molar-refractivity contribution in [3.05, 3.63) is 22.8 Å². The summed E-state index contributed by atoms with van der Waals surface area (Å²) in [6.07, 6.45) is 1.25. The lowest BCUT2D eigenvalue weighted by molar-refractivity contribution is -0.117. The van der Waals surface area contributed by atoms with E-state index in [1.165, 1.54) is 0 Å². The van der Waals surface area contributed by atoms with Gasteiger partial charge in [-0.2, -0.15) is 0 Å². The highest BCUT2D eigenvalue weighted by atomic mass is 79.9. The molecule has 2 N–H and O–H groups in total. The minimum atomic E-state index is -0.484. The zero-order valence-electron chi connectivity index (χ0n) is 16.1. The van der Waals surface area contributed by atoms with Crippen LogP contribution in [-0.2, 0) is 9.53 Å². The van der Waals surface area contributed by atoms with Crippen molar-refractivity contribution in [3.8, 4) is 0 Å². The van der Waals surface area contributed by atoms with Crippen LogP contribution in [0.4, 0.5) is 10.6 Å². The average Bonchev–Trinajstić information content (AvgIpc) is 2.54. The molecule has 27 heavy (non-hydrogen) atoms. The van der Waals surface area contributed by atoms with Crippen LogP contribution in [0.2, 0.25) is 0 Å². The molecule has 1 aliphatic heterocycles. The molecule has 0 spiro atoms. The molecule has 0 bridgehead atoms. The standard InChI is InChI=1S/C18H28BrN5O3/c1-18(2,3)27-17(26)21-6-7-23-8-10-24(11-9-23)13-16(25)22-15-12-14(19)4-5-20-15/h4-5,12H,6-11,13H2,1-3H3,(H,21,26)(H,20,22,25). The Labute approximate surface area is 168 Å². The molecule has 2 heterocycles. The summed E-state index contributed by atoms with van der Waals surface area (Å²) in [5.74, 6) is 0.474. The Morgan fingerprint density at radius 3 is 2.52 bits per heavy atom. The first-order valence-corrected chi connectivity index (χ1v) is 9.83. The van der Waals surface area contributed by atoms with Crippen molar-refractivity contribution >= 4 is 33.7 Å². The number of carbonyl (C=O) groups excluding carboxylic acids is 2. The summed E-state index contributed by atoms with van der Waals surface area (Å²) < 4.78 is 6.09. The van der Waals surface area contributed by atoms with Crippen molar-refractivity contribution in [2.75, 3.05) is 51.1 Å². The molecule has 2 rings (SSSR count). The van der Waals surface area contributed by atoms with Gasteiger partial charge in [0, 0.05) is 49.9 Å². The molecule has 0 radical (unpaired) electrons. The van der Waals surface area contributed by atoms with Crippen molar-refractivity contribution in [1.82, 2.24) is 20.1 Å². The van der Waals surface area contributed by atoms with Gasteiger partial charge >= 0.3 is 6.09 Å². The van der Waals surface area contributed by atoms with Crippen molar-refractivity contribution < 1.29 is 14.3 Å². The molecule has 9 heteroatoms. The van der Waals surface area contributed by atoms with Crippen molar-refractivity contribution in [1.29, 1.82) is 0 Å². The van der Waals surface area contributed by atoms with Crippen molar-refractivity contribution in [3.63, 3.8) is 0 Å². The van der Waals surface area contributed by atoms with Gasteiger partial charge in [-0.3, -0.25) is 14.6 Å². The van der Waals surface area contributed by atoms with E-state index in [0.29, 0.717) is 18.9 Å². The predicted molar refractivity (Wildman–Crippen MR) is 108 cm³/mol. The van der Waals surface area contributed by atoms with E-state index in [1.807, 2.05) is 26.8 Å². The lowest BCUT2D eigenvalue weighted by atomic mass is 10.2. The van der Waals surface area contributed by atoms with E-state index in [4.69, 9.17) is 4.74 Å². The Balaban J connectivity index is 1.62. The van der Waals surface area contributed by atoms with E-state index in [-0.39, 0.29) is 12.0 Å². The number of hydrogen-bond acceptors (Lipinski definition) is 6. The number of alkyl carbamates (subject to hydrolysis) is 1. The fourth-order valence-corrected chi connectivity index (χ4v) is 2.99. The molecular weight excluding hydrogens is 414 g/mol. The first-order chi connectivity index (χ1) is 12.7. The minimum absolute atomic E-state index is 0.0688. The highest BCUT2D eigenvalue weighted by molar-refractivity contribution is 9.10. The molecule has 150 valence electrons. The first kappa shape index (κ1) is 21.6. The Kier molecular flexibility index (Phi) is 8.00. The molecule has 0 aromatic carbocycles. The van der Waals surface area contributed by atoms with Crippen LogP contribution in [0.5, 0.6) is 0 Å². The number of pyridine rings is 1. The van der Waals surface area contributed by atoms with Crippen LogP contribution in [0.3, 0.4) is 0 Å². The molecule has 1 fully saturated rings. The number of hydrogen-bond donors (Lipinski definition) is 2. The van der Waals surface area contributed by atoms with Crippen LogP contribution in [0.15, 0.2) is 22.8 Å². The van der Waals surface area contributed by atoms with Gasteiger partial charge in [-0.25, -0.2) is 9.78 Å². The molecule has 1 aliphatic rings. The normalized spacial score (nSPS) is 16.0. The fraction of sp³-hybridized carbons (Fsp3) is 0.611. The quantitative estimate of drug-likeness (QED) is 0.700. The summed E-state index contributed by atoms with van der Waals surface area (Å²) in [6.45, 7) is 10.5. The molecule has 8 nitrogen and oxygen atoms in total. The summed E-state index contributed by atoms with van der Waals surface area (Å²) in [4.78, 5) is 32.3. The van der Waals surface area contributed by atoms with Crippen LogP contribution >= 0.6 is 15.9 Å². The van der Waals surface area contributed by atoms with E-state index < -0.39 is 5.60 Å². The third-order valence-electron chi connectivity index (χ3n) is 3.92. The Morgan fingerprint density at radius 1 is 1.22 bits per heavy atom. The molecule has 0 unspecified atom stereocenters. The number of amides is 2. The van der Waals surface area contributed by atoms with Gasteiger partial charge in [-0.15, -0.1) is 0 Å². The number of rotatable bonds is 6. The summed E-state index contributed by atoms with van der Waals surface area (Å²) in [5.41, 5.74) is -0.484. The van der Waals surface area contributed by atoms with Crippen molar-refractivity contribution in [2.24, 2.45) is 0 Å². The number of nitrogens with one attached hydrogen (secondary N) is 2.